The molecule has 1 heterocycles. The number of aromatic nitrogens is 2. The first-order valence-corrected chi connectivity index (χ1v) is 5.93. The van der Waals surface area contributed by atoms with Gasteiger partial charge in [0.25, 0.3) is 0 Å². The largest absolute Gasteiger partial charge is 0.487 e. The van der Waals surface area contributed by atoms with Crippen LogP contribution in [0.15, 0.2) is 18.2 Å². The topological polar surface area (TPSA) is 27.1 Å². The molecule has 2 aromatic rings. The molecular formula is C13H14ClFN2O. The fourth-order valence-electron chi connectivity index (χ4n) is 1.76. The van der Waals surface area contributed by atoms with Crippen molar-refractivity contribution in [2.45, 2.75) is 20.5 Å². The Morgan fingerprint density at radius 3 is 2.67 bits per heavy atom. The first kappa shape index (κ1) is 12.9. The number of hydrogen-bond acceptors (Lipinski definition) is 2. The molecule has 0 aliphatic carbocycles. The Balaban J connectivity index is 2.16. The second-order valence-corrected chi connectivity index (χ2v) is 4.55. The zero-order valence-electron chi connectivity index (χ0n) is 10.5. The third kappa shape index (κ3) is 2.48. The van der Waals surface area contributed by atoms with E-state index in [1.54, 1.807) is 17.7 Å². The van der Waals surface area contributed by atoms with Crippen molar-refractivity contribution in [2.75, 3.05) is 0 Å². The highest BCUT2D eigenvalue weighted by atomic mass is 35.5. The van der Waals surface area contributed by atoms with Gasteiger partial charge in [0.1, 0.15) is 18.2 Å². The van der Waals surface area contributed by atoms with E-state index in [1.165, 1.54) is 12.1 Å². The van der Waals surface area contributed by atoms with Gasteiger partial charge >= 0.3 is 0 Å². The summed E-state index contributed by atoms with van der Waals surface area (Å²) in [5.74, 6) is 0.376. The van der Waals surface area contributed by atoms with Crippen molar-refractivity contribution in [3.63, 3.8) is 0 Å². The minimum atomic E-state index is -0.269. The molecule has 0 N–H and O–H groups in total. The van der Waals surface area contributed by atoms with Crippen LogP contribution in [0.2, 0.25) is 5.02 Å². The molecule has 2 rings (SSSR count). The van der Waals surface area contributed by atoms with Gasteiger partial charge in [-0.3, -0.25) is 4.68 Å². The molecule has 0 bridgehead atoms. The highest BCUT2D eigenvalue weighted by molar-refractivity contribution is 6.31. The Morgan fingerprint density at radius 1 is 1.39 bits per heavy atom. The van der Waals surface area contributed by atoms with Gasteiger partial charge in [-0.25, -0.2) is 4.39 Å². The molecule has 18 heavy (non-hydrogen) atoms. The van der Waals surface area contributed by atoms with Gasteiger partial charge < -0.3 is 4.74 Å². The summed E-state index contributed by atoms with van der Waals surface area (Å²) in [6, 6.07) is 4.42. The number of aryl methyl sites for hydroxylation is 3. The molecule has 0 aliphatic rings. The van der Waals surface area contributed by atoms with Gasteiger partial charge in [0.2, 0.25) is 0 Å². The number of benzene rings is 1. The fourth-order valence-corrected chi connectivity index (χ4v) is 1.97. The summed E-state index contributed by atoms with van der Waals surface area (Å²) in [6.07, 6.45) is 0. The Kier molecular flexibility index (Phi) is 3.57. The molecule has 1 aromatic carbocycles. The molecule has 0 spiro atoms. The van der Waals surface area contributed by atoms with Crippen LogP contribution in [0.5, 0.6) is 5.75 Å². The summed E-state index contributed by atoms with van der Waals surface area (Å²) in [5, 5.41) is 4.81. The van der Waals surface area contributed by atoms with E-state index in [-0.39, 0.29) is 5.82 Å². The molecule has 0 saturated heterocycles. The van der Waals surface area contributed by atoms with Crippen LogP contribution >= 0.6 is 11.6 Å². The van der Waals surface area contributed by atoms with Gasteiger partial charge in [-0.2, -0.15) is 5.10 Å². The minimum absolute atomic E-state index is 0.269. The molecule has 0 atom stereocenters. The summed E-state index contributed by atoms with van der Waals surface area (Å²) >= 11 is 6.12. The van der Waals surface area contributed by atoms with Crippen LogP contribution in [0, 0.1) is 19.7 Å². The Labute approximate surface area is 110 Å². The normalized spacial score (nSPS) is 10.7. The predicted molar refractivity (Wildman–Crippen MR) is 68.4 cm³/mol. The summed E-state index contributed by atoms with van der Waals surface area (Å²) in [7, 11) is 1.81. The molecule has 0 saturated carbocycles. The third-order valence-corrected chi connectivity index (χ3v) is 3.25. The van der Waals surface area contributed by atoms with E-state index in [0.717, 1.165) is 17.0 Å². The average molecular weight is 269 g/mol. The molecule has 0 aliphatic heterocycles. The average Bonchev–Trinajstić information content (AvgIpc) is 2.53. The zero-order valence-corrected chi connectivity index (χ0v) is 11.3. The second-order valence-electron chi connectivity index (χ2n) is 4.17. The number of nitrogens with zero attached hydrogens (tertiary/aromatic N) is 2. The number of hydrogen-bond donors (Lipinski definition) is 0. The molecule has 0 unspecified atom stereocenters. The van der Waals surface area contributed by atoms with Crippen LogP contribution in [0.25, 0.3) is 0 Å². The zero-order chi connectivity index (χ0) is 13.3. The van der Waals surface area contributed by atoms with Crippen LogP contribution in [0.4, 0.5) is 4.39 Å². The number of halogens is 2. The molecule has 96 valence electrons. The lowest BCUT2D eigenvalue weighted by Crippen LogP contribution is -2.04. The molecule has 0 fully saturated rings. The highest BCUT2D eigenvalue weighted by Gasteiger charge is 2.12. The van der Waals surface area contributed by atoms with Crippen LogP contribution in [0.3, 0.4) is 0 Å². The lowest BCUT2D eigenvalue weighted by Gasteiger charge is -2.09. The molecule has 3 nitrogen and oxygen atoms in total. The second kappa shape index (κ2) is 4.98. The lowest BCUT2D eigenvalue weighted by atomic mass is 10.2. The number of ether oxygens (including phenoxy) is 1. The van der Waals surface area contributed by atoms with Gasteiger partial charge in [-0.1, -0.05) is 11.6 Å². The van der Waals surface area contributed by atoms with Crippen LogP contribution in [0.1, 0.15) is 17.0 Å². The molecule has 0 amide bonds. The SMILES string of the molecule is Cc1cc(F)ccc1OCc1c(Cl)c(C)nn1C. The van der Waals surface area contributed by atoms with Gasteiger partial charge in [0.15, 0.2) is 0 Å². The Bertz CT molecular complexity index is 581. The van der Waals surface area contributed by atoms with E-state index in [2.05, 4.69) is 5.10 Å². The first-order valence-electron chi connectivity index (χ1n) is 5.56. The Morgan fingerprint density at radius 2 is 2.11 bits per heavy atom. The molecule has 0 radical (unpaired) electrons. The maximum absolute atomic E-state index is 13.0. The van der Waals surface area contributed by atoms with Crippen molar-refractivity contribution in [2.24, 2.45) is 7.05 Å². The van der Waals surface area contributed by atoms with Crippen molar-refractivity contribution in [1.82, 2.24) is 9.78 Å². The van der Waals surface area contributed by atoms with Crippen LogP contribution in [-0.2, 0) is 13.7 Å². The predicted octanol–water partition coefficient (Wildman–Crippen LogP) is 3.41. The van der Waals surface area contributed by atoms with Crippen molar-refractivity contribution in [1.29, 1.82) is 0 Å². The fraction of sp³-hybridized carbons (Fsp3) is 0.308. The van der Waals surface area contributed by atoms with E-state index in [1.807, 2.05) is 14.0 Å². The van der Waals surface area contributed by atoms with Gasteiger partial charge in [0.05, 0.1) is 16.4 Å². The van der Waals surface area contributed by atoms with Crippen LogP contribution in [-0.4, -0.2) is 9.78 Å². The summed E-state index contributed by atoms with van der Waals surface area (Å²) in [5.41, 5.74) is 2.33. The third-order valence-electron chi connectivity index (χ3n) is 2.76. The van der Waals surface area contributed by atoms with E-state index >= 15 is 0 Å². The van der Waals surface area contributed by atoms with Crippen molar-refractivity contribution in [3.05, 3.63) is 46.0 Å². The lowest BCUT2D eigenvalue weighted by molar-refractivity contribution is 0.292. The first-order chi connectivity index (χ1) is 8.49. The van der Waals surface area contributed by atoms with Crippen LogP contribution < -0.4 is 4.74 Å². The summed E-state index contributed by atoms with van der Waals surface area (Å²) < 4.78 is 20.3. The molecule has 5 heteroatoms. The standard InChI is InChI=1S/C13H14ClFN2O/c1-8-6-10(15)4-5-12(8)18-7-11-13(14)9(2)16-17(11)3/h4-6H,7H2,1-3H3. The monoisotopic (exact) mass is 268 g/mol. The van der Waals surface area contributed by atoms with E-state index < -0.39 is 0 Å². The maximum atomic E-state index is 13.0. The quantitative estimate of drug-likeness (QED) is 0.853. The number of rotatable bonds is 3. The van der Waals surface area contributed by atoms with E-state index in [9.17, 15) is 4.39 Å². The summed E-state index contributed by atoms with van der Waals surface area (Å²) in [4.78, 5) is 0. The minimum Gasteiger partial charge on any atom is -0.487 e. The Hall–Kier alpha value is -1.55. The van der Waals surface area contributed by atoms with Crippen molar-refractivity contribution >= 4 is 11.6 Å². The summed E-state index contributed by atoms with van der Waals surface area (Å²) in [6.45, 7) is 3.95. The van der Waals surface area contributed by atoms with Crippen molar-refractivity contribution in [3.8, 4) is 5.75 Å². The van der Waals surface area contributed by atoms with Gasteiger partial charge in [-0.05, 0) is 37.6 Å². The molecule has 1 aromatic heterocycles. The maximum Gasteiger partial charge on any atom is 0.131 e. The van der Waals surface area contributed by atoms with Gasteiger partial charge in [0, 0.05) is 7.05 Å². The smallest absolute Gasteiger partial charge is 0.131 e. The molecular weight excluding hydrogens is 255 g/mol. The van der Waals surface area contributed by atoms with E-state index in [4.69, 9.17) is 16.3 Å². The van der Waals surface area contributed by atoms with E-state index in [0.29, 0.717) is 17.4 Å². The highest BCUT2D eigenvalue weighted by Crippen LogP contribution is 2.23. The van der Waals surface area contributed by atoms with Gasteiger partial charge in [-0.15, -0.1) is 0 Å². The van der Waals surface area contributed by atoms with Crippen molar-refractivity contribution < 1.29 is 9.13 Å².